The first-order valence-corrected chi connectivity index (χ1v) is 6.95. The molecule has 0 saturated heterocycles. The lowest BCUT2D eigenvalue weighted by Crippen LogP contribution is -1.98. The predicted molar refractivity (Wildman–Crippen MR) is 78.4 cm³/mol. The second kappa shape index (κ2) is 5.15. The highest BCUT2D eigenvalue weighted by Gasteiger charge is 2.06. The van der Waals surface area contributed by atoms with Gasteiger partial charge < -0.3 is 5.32 Å². The van der Waals surface area contributed by atoms with E-state index in [1.54, 1.807) is 12.1 Å². The molecule has 0 atom stereocenters. The third-order valence-corrected chi connectivity index (χ3v) is 4.21. The van der Waals surface area contributed by atoms with Gasteiger partial charge in [-0.05, 0) is 29.8 Å². The number of benzene rings is 2. The lowest BCUT2D eigenvalue weighted by atomic mass is 10.2. The van der Waals surface area contributed by atoms with E-state index in [-0.39, 0.29) is 5.82 Å². The van der Waals surface area contributed by atoms with Crippen LogP contribution in [0.1, 0.15) is 5.56 Å². The Kier molecular flexibility index (Phi) is 3.36. The van der Waals surface area contributed by atoms with Crippen LogP contribution in [0.15, 0.2) is 42.5 Å². The fraction of sp³-hybridized carbons (Fsp3) is 0.0714. The zero-order chi connectivity index (χ0) is 13.2. The summed E-state index contributed by atoms with van der Waals surface area (Å²) in [7, 11) is 0. The van der Waals surface area contributed by atoms with Crippen molar-refractivity contribution < 1.29 is 4.39 Å². The average Bonchev–Trinajstić information content (AvgIpc) is 2.83. The van der Waals surface area contributed by atoms with E-state index >= 15 is 0 Å². The van der Waals surface area contributed by atoms with Gasteiger partial charge in [0.2, 0.25) is 0 Å². The van der Waals surface area contributed by atoms with Gasteiger partial charge in [0.05, 0.1) is 15.2 Å². The molecule has 0 amide bonds. The van der Waals surface area contributed by atoms with Gasteiger partial charge in [-0.2, -0.15) is 0 Å². The molecule has 0 aliphatic rings. The summed E-state index contributed by atoms with van der Waals surface area (Å²) in [6, 6.07) is 12.1. The maximum absolute atomic E-state index is 12.8. The summed E-state index contributed by atoms with van der Waals surface area (Å²) in [6.07, 6.45) is 0. The first-order valence-electron chi connectivity index (χ1n) is 5.76. The van der Waals surface area contributed by atoms with Gasteiger partial charge in [-0.1, -0.05) is 41.1 Å². The van der Waals surface area contributed by atoms with Gasteiger partial charge in [0, 0.05) is 6.54 Å². The number of fused-ring (bicyclic) bond motifs is 1. The molecule has 2 aromatic carbocycles. The van der Waals surface area contributed by atoms with Gasteiger partial charge >= 0.3 is 0 Å². The van der Waals surface area contributed by atoms with Crippen molar-refractivity contribution in [1.29, 1.82) is 0 Å². The number of hydrogen-bond donors (Lipinski definition) is 1. The molecule has 3 rings (SSSR count). The molecular weight excluding hydrogens is 283 g/mol. The summed E-state index contributed by atoms with van der Waals surface area (Å²) in [4.78, 5) is 4.46. The highest BCUT2D eigenvalue weighted by atomic mass is 35.5. The van der Waals surface area contributed by atoms with Crippen LogP contribution in [-0.4, -0.2) is 4.98 Å². The molecule has 1 heterocycles. The molecule has 0 spiro atoms. The molecule has 1 aromatic heterocycles. The van der Waals surface area contributed by atoms with E-state index in [4.69, 9.17) is 11.6 Å². The number of aromatic nitrogens is 1. The summed E-state index contributed by atoms with van der Waals surface area (Å²) in [6.45, 7) is 0.609. The van der Waals surface area contributed by atoms with E-state index < -0.39 is 0 Å². The lowest BCUT2D eigenvalue weighted by Gasteiger charge is -2.02. The van der Waals surface area contributed by atoms with Gasteiger partial charge in [0.1, 0.15) is 5.82 Å². The van der Waals surface area contributed by atoms with Crippen LogP contribution in [-0.2, 0) is 6.54 Å². The third kappa shape index (κ3) is 2.69. The van der Waals surface area contributed by atoms with E-state index in [1.807, 2.05) is 18.2 Å². The topological polar surface area (TPSA) is 24.9 Å². The number of nitrogens with one attached hydrogen (secondary N) is 1. The Morgan fingerprint density at radius 2 is 1.95 bits per heavy atom. The Morgan fingerprint density at radius 1 is 1.16 bits per heavy atom. The van der Waals surface area contributed by atoms with Crippen LogP contribution in [0.3, 0.4) is 0 Å². The fourth-order valence-electron chi connectivity index (χ4n) is 1.77. The second-order valence-corrected chi connectivity index (χ2v) is 5.49. The molecular formula is C14H10ClFN2S. The highest BCUT2D eigenvalue weighted by molar-refractivity contribution is 7.22. The molecule has 5 heteroatoms. The van der Waals surface area contributed by atoms with Crippen LogP contribution in [0, 0.1) is 5.82 Å². The molecule has 0 bridgehead atoms. The largest absolute Gasteiger partial charge is 0.357 e. The molecule has 0 saturated carbocycles. The maximum atomic E-state index is 12.8. The van der Waals surface area contributed by atoms with E-state index in [2.05, 4.69) is 10.3 Å². The molecule has 0 fully saturated rings. The molecule has 0 aliphatic carbocycles. The summed E-state index contributed by atoms with van der Waals surface area (Å²) >= 11 is 7.62. The normalized spacial score (nSPS) is 10.8. The van der Waals surface area contributed by atoms with Gasteiger partial charge in [0.25, 0.3) is 0 Å². The van der Waals surface area contributed by atoms with Crippen molar-refractivity contribution >= 4 is 38.3 Å². The zero-order valence-corrected chi connectivity index (χ0v) is 11.4. The lowest BCUT2D eigenvalue weighted by molar-refractivity contribution is 0.627. The summed E-state index contributed by atoms with van der Waals surface area (Å²) < 4.78 is 13.8. The third-order valence-electron chi connectivity index (χ3n) is 2.72. The van der Waals surface area contributed by atoms with Crippen molar-refractivity contribution in [3.8, 4) is 0 Å². The van der Waals surface area contributed by atoms with E-state index in [1.165, 1.54) is 23.5 Å². The van der Waals surface area contributed by atoms with Gasteiger partial charge in [-0.25, -0.2) is 9.37 Å². The van der Waals surface area contributed by atoms with E-state index in [0.717, 1.165) is 20.9 Å². The molecule has 3 aromatic rings. The maximum Gasteiger partial charge on any atom is 0.184 e. The van der Waals surface area contributed by atoms with Crippen molar-refractivity contribution in [2.24, 2.45) is 0 Å². The molecule has 2 nitrogen and oxygen atoms in total. The monoisotopic (exact) mass is 292 g/mol. The molecule has 1 N–H and O–H groups in total. The van der Waals surface area contributed by atoms with Crippen LogP contribution in [0.2, 0.25) is 5.02 Å². The van der Waals surface area contributed by atoms with Crippen molar-refractivity contribution in [2.75, 3.05) is 5.32 Å². The standard InChI is InChI=1S/C14H10ClFN2S/c15-11-2-1-3-12-13(11)19-14(18-12)17-8-9-4-6-10(16)7-5-9/h1-7H,8H2,(H,17,18). The summed E-state index contributed by atoms with van der Waals surface area (Å²) in [5.41, 5.74) is 1.89. The average molecular weight is 293 g/mol. The van der Waals surface area contributed by atoms with Crippen LogP contribution < -0.4 is 5.32 Å². The molecule has 0 radical (unpaired) electrons. The second-order valence-electron chi connectivity index (χ2n) is 4.09. The Morgan fingerprint density at radius 3 is 2.68 bits per heavy atom. The molecule has 96 valence electrons. The molecule has 19 heavy (non-hydrogen) atoms. The SMILES string of the molecule is Fc1ccc(CNc2nc3cccc(Cl)c3s2)cc1. The number of rotatable bonds is 3. The van der Waals surface area contributed by atoms with E-state index in [0.29, 0.717) is 11.6 Å². The Hall–Kier alpha value is -1.65. The molecule has 0 aliphatic heterocycles. The van der Waals surface area contributed by atoms with Gasteiger partial charge in [-0.15, -0.1) is 0 Å². The highest BCUT2D eigenvalue weighted by Crippen LogP contribution is 2.31. The van der Waals surface area contributed by atoms with Crippen molar-refractivity contribution in [1.82, 2.24) is 4.98 Å². The Labute approximate surface area is 118 Å². The van der Waals surface area contributed by atoms with E-state index in [9.17, 15) is 4.39 Å². The minimum absolute atomic E-state index is 0.226. The van der Waals surface area contributed by atoms with Crippen molar-refractivity contribution in [2.45, 2.75) is 6.54 Å². The van der Waals surface area contributed by atoms with Crippen LogP contribution in [0.25, 0.3) is 10.2 Å². The smallest absolute Gasteiger partial charge is 0.184 e. The molecule has 0 unspecified atom stereocenters. The first kappa shape index (κ1) is 12.4. The van der Waals surface area contributed by atoms with Crippen molar-refractivity contribution in [3.63, 3.8) is 0 Å². The number of hydrogen-bond acceptors (Lipinski definition) is 3. The zero-order valence-electron chi connectivity index (χ0n) is 9.86. The minimum atomic E-state index is -0.226. The summed E-state index contributed by atoms with van der Waals surface area (Å²) in [5.74, 6) is -0.226. The van der Waals surface area contributed by atoms with Crippen LogP contribution in [0.5, 0.6) is 0 Å². The fourth-order valence-corrected chi connectivity index (χ4v) is 2.92. The van der Waals surface area contributed by atoms with Crippen molar-refractivity contribution in [3.05, 3.63) is 58.9 Å². The Bertz CT molecular complexity index is 709. The van der Waals surface area contributed by atoms with Gasteiger partial charge in [-0.3, -0.25) is 0 Å². The first-order chi connectivity index (χ1) is 9.22. The van der Waals surface area contributed by atoms with Gasteiger partial charge in [0.15, 0.2) is 5.13 Å². The predicted octanol–water partition coefficient (Wildman–Crippen LogP) is 4.70. The van der Waals surface area contributed by atoms with Crippen LogP contribution >= 0.6 is 22.9 Å². The number of anilines is 1. The summed E-state index contributed by atoms with van der Waals surface area (Å²) in [5, 5.41) is 4.75. The quantitative estimate of drug-likeness (QED) is 0.757. The number of nitrogens with zero attached hydrogens (tertiary/aromatic N) is 1. The van der Waals surface area contributed by atoms with Crippen LogP contribution in [0.4, 0.5) is 9.52 Å². The number of thiazole rings is 1. The number of halogens is 2. The Balaban J connectivity index is 1.78. The minimum Gasteiger partial charge on any atom is -0.357 e.